The second-order valence-electron chi connectivity index (χ2n) is 7.63. The van der Waals surface area contributed by atoms with Gasteiger partial charge in [0.2, 0.25) is 0 Å². The molecule has 4 rings (SSSR count). The monoisotopic (exact) mass is 408 g/mol. The van der Waals surface area contributed by atoms with E-state index >= 15 is 0 Å². The highest BCUT2D eigenvalue weighted by Crippen LogP contribution is 2.24. The highest BCUT2D eigenvalue weighted by atomic mass is 16.2. The Morgan fingerprint density at radius 1 is 0.903 bits per heavy atom. The van der Waals surface area contributed by atoms with E-state index < -0.39 is 0 Å². The molecule has 0 saturated heterocycles. The van der Waals surface area contributed by atoms with Crippen molar-refractivity contribution in [3.63, 3.8) is 0 Å². The molecule has 0 aliphatic carbocycles. The molecule has 0 saturated carbocycles. The molecule has 0 radical (unpaired) electrons. The number of H-pyrrole nitrogens is 1. The van der Waals surface area contributed by atoms with E-state index in [9.17, 15) is 4.79 Å². The van der Waals surface area contributed by atoms with Gasteiger partial charge < -0.3 is 0 Å². The number of nitrogens with one attached hydrogen (secondary N) is 2. The molecule has 154 valence electrons. The number of aromatic nitrogens is 2. The molecule has 0 fully saturated rings. The fraction of sp³-hybridized carbons (Fsp3) is 0.115. The zero-order valence-corrected chi connectivity index (χ0v) is 17.5. The van der Waals surface area contributed by atoms with Crippen molar-refractivity contribution in [1.29, 1.82) is 0 Å². The van der Waals surface area contributed by atoms with Crippen molar-refractivity contribution >= 4 is 12.1 Å². The molecule has 1 aromatic heterocycles. The average Bonchev–Trinajstić information content (AvgIpc) is 3.31. The van der Waals surface area contributed by atoms with Crippen molar-refractivity contribution in [2.45, 2.75) is 19.8 Å². The Labute approximate surface area is 181 Å². The van der Waals surface area contributed by atoms with E-state index in [-0.39, 0.29) is 5.91 Å². The van der Waals surface area contributed by atoms with E-state index in [1.165, 1.54) is 5.56 Å². The predicted molar refractivity (Wildman–Crippen MR) is 125 cm³/mol. The summed E-state index contributed by atoms with van der Waals surface area (Å²) in [6.45, 7) is 4.30. The minimum atomic E-state index is -0.338. The first-order chi connectivity index (χ1) is 15.1. The van der Waals surface area contributed by atoms with Crippen molar-refractivity contribution < 1.29 is 4.79 Å². The Hall–Kier alpha value is -3.99. The zero-order chi connectivity index (χ0) is 21.6. The summed E-state index contributed by atoms with van der Waals surface area (Å²) >= 11 is 0. The summed E-state index contributed by atoms with van der Waals surface area (Å²) < 4.78 is 0. The third-order valence-electron chi connectivity index (χ3n) is 5.09. The van der Waals surface area contributed by atoms with E-state index in [4.69, 9.17) is 0 Å². The summed E-state index contributed by atoms with van der Waals surface area (Å²) in [5.74, 6) is 0.143. The van der Waals surface area contributed by atoms with Crippen LogP contribution in [-0.4, -0.2) is 22.3 Å². The van der Waals surface area contributed by atoms with Gasteiger partial charge in [0.25, 0.3) is 5.91 Å². The average molecular weight is 409 g/mol. The molecule has 4 aromatic rings. The van der Waals surface area contributed by atoms with Crippen molar-refractivity contribution in [3.05, 3.63) is 102 Å². The van der Waals surface area contributed by atoms with Gasteiger partial charge in [0, 0.05) is 5.56 Å². The number of hydrogen-bond donors (Lipinski definition) is 2. The second kappa shape index (κ2) is 9.22. The number of benzene rings is 3. The van der Waals surface area contributed by atoms with Gasteiger partial charge in [-0.15, -0.1) is 0 Å². The Bertz CT molecular complexity index is 1170. The number of hydrogen-bond acceptors (Lipinski definition) is 3. The number of carbonyl (C=O) groups is 1. The maximum Gasteiger partial charge on any atom is 0.289 e. The van der Waals surface area contributed by atoms with Crippen LogP contribution in [0.3, 0.4) is 0 Å². The van der Waals surface area contributed by atoms with E-state index in [0.29, 0.717) is 17.3 Å². The van der Waals surface area contributed by atoms with Gasteiger partial charge in [-0.1, -0.05) is 92.7 Å². The van der Waals surface area contributed by atoms with Gasteiger partial charge in [-0.2, -0.15) is 10.2 Å². The molecule has 31 heavy (non-hydrogen) atoms. The number of rotatable bonds is 6. The Morgan fingerprint density at radius 2 is 1.55 bits per heavy atom. The standard InChI is InChI=1S/C26H24N4O/c1-18(2)20-10-8-19(9-11-20)17-27-30-26(31)25-16-24(28-29-25)23-14-12-22(13-15-23)21-6-4-3-5-7-21/h3-18H,1-2H3,(H,28,29)(H,30,31)/b27-17+. The highest BCUT2D eigenvalue weighted by Gasteiger charge is 2.10. The molecular formula is C26H24N4O. The molecule has 5 nitrogen and oxygen atoms in total. The smallest absolute Gasteiger partial charge is 0.272 e. The lowest BCUT2D eigenvalue weighted by Crippen LogP contribution is -2.18. The number of amides is 1. The summed E-state index contributed by atoms with van der Waals surface area (Å²) in [7, 11) is 0. The largest absolute Gasteiger partial charge is 0.289 e. The van der Waals surface area contributed by atoms with Gasteiger partial charge in [0.1, 0.15) is 5.69 Å². The Morgan fingerprint density at radius 3 is 2.23 bits per heavy atom. The highest BCUT2D eigenvalue weighted by molar-refractivity contribution is 5.94. The van der Waals surface area contributed by atoms with Crippen LogP contribution in [0, 0.1) is 0 Å². The summed E-state index contributed by atoms with van der Waals surface area (Å²) in [6, 6.07) is 28.1. The van der Waals surface area contributed by atoms with Crippen LogP contribution >= 0.6 is 0 Å². The Balaban J connectivity index is 1.39. The first kappa shape index (κ1) is 20.3. The number of aromatic amines is 1. The quantitative estimate of drug-likeness (QED) is 0.321. The molecule has 3 aromatic carbocycles. The van der Waals surface area contributed by atoms with Crippen LogP contribution < -0.4 is 5.43 Å². The van der Waals surface area contributed by atoms with Gasteiger partial charge in [-0.3, -0.25) is 9.89 Å². The number of nitrogens with zero attached hydrogens (tertiary/aromatic N) is 2. The van der Waals surface area contributed by atoms with Crippen LogP contribution in [0.15, 0.2) is 90.0 Å². The summed E-state index contributed by atoms with van der Waals surface area (Å²) in [5, 5.41) is 11.1. The third-order valence-corrected chi connectivity index (χ3v) is 5.09. The molecule has 2 N–H and O–H groups in total. The van der Waals surface area contributed by atoms with Crippen LogP contribution in [0.1, 0.15) is 41.4 Å². The second-order valence-corrected chi connectivity index (χ2v) is 7.63. The van der Waals surface area contributed by atoms with Gasteiger partial charge in [-0.05, 0) is 34.2 Å². The molecule has 1 amide bonds. The molecule has 0 aliphatic heterocycles. The SMILES string of the molecule is CC(C)c1ccc(/C=N/NC(=O)c2cc(-c3ccc(-c4ccccc4)cc3)n[nH]2)cc1. The van der Waals surface area contributed by atoms with E-state index in [0.717, 1.165) is 22.3 Å². The number of hydrazone groups is 1. The van der Waals surface area contributed by atoms with Crippen molar-refractivity contribution in [3.8, 4) is 22.4 Å². The molecule has 0 bridgehead atoms. The summed E-state index contributed by atoms with van der Waals surface area (Å²) in [4.78, 5) is 12.4. The first-order valence-corrected chi connectivity index (χ1v) is 10.2. The van der Waals surface area contributed by atoms with Crippen LogP contribution in [-0.2, 0) is 0 Å². The van der Waals surface area contributed by atoms with E-state index in [1.807, 2.05) is 54.6 Å². The topological polar surface area (TPSA) is 70.1 Å². The van der Waals surface area contributed by atoms with Gasteiger partial charge in [-0.25, -0.2) is 5.43 Å². The normalized spacial score (nSPS) is 11.2. The van der Waals surface area contributed by atoms with Gasteiger partial charge in [0.15, 0.2) is 0 Å². The maximum atomic E-state index is 12.4. The van der Waals surface area contributed by atoms with Gasteiger partial charge >= 0.3 is 0 Å². The summed E-state index contributed by atoms with van der Waals surface area (Å²) in [5.41, 5.74) is 9.02. The predicted octanol–water partition coefficient (Wildman–Crippen LogP) is 5.63. The zero-order valence-electron chi connectivity index (χ0n) is 17.5. The van der Waals surface area contributed by atoms with Crippen LogP contribution in [0.2, 0.25) is 0 Å². The molecule has 5 heteroatoms. The molecule has 0 spiro atoms. The van der Waals surface area contributed by atoms with Crippen molar-refractivity contribution in [2.24, 2.45) is 5.10 Å². The fourth-order valence-electron chi connectivity index (χ4n) is 3.24. The van der Waals surface area contributed by atoms with Crippen molar-refractivity contribution in [1.82, 2.24) is 15.6 Å². The van der Waals surface area contributed by atoms with Crippen LogP contribution in [0.4, 0.5) is 0 Å². The lowest BCUT2D eigenvalue weighted by atomic mass is 10.0. The lowest BCUT2D eigenvalue weighted by molar-refractivity contribution is 0.0950. The van der Waals surface area contributed by atoms with Crippen LogP contribution in [0.5, 0.6) is 0 Å². The summed E-state index contributed by atoms with van der Waals surface area (Å²) in [6.07, 6.45) is 1.63. The minimum Gasteiger partial charge on any atom is -0.272 e. The molecule has 1 heterocycles. The van der Waals surface area contributed by atoms with Crippen LogP contribution in [0.25, 0.3) is 22.4 Å². The lowest BCUT2D eigenvalue weighted by Gasteiger charge is -2.04. The molecular weight excluding hydrogens is 384 g/mol. The van der Waals surface area contributed by atoms with Gasteiger partial charge in [0.05, 0.1) is 11.9 Å². The Kier molecular flexibility index (Phi) is 6.03. The molecule has 0 aliphatic rings. The molecule has 0 atom stereocenters. The first-order valence-electron chi connectivity index (χ1n) is 10.2. The van der Waals surface area contributed by atoms with E-state index in [1.54, 1.807) is 12.3 Å². The van der Waals surface area contributed by atoms with Crippen molar-refractivity contribution in [2.75, 3.05) is 0 Å². The molecule has 0 unspecified atom stereocenters. The fourth-order valence-corrected chi connectivity index (χ4v) is 3.24. The van der Waals surface area contributed by atoms with E-state index in [2.05, 4.69) is 58.8 Å². The minimum absolute atomic E-state index is 0.338. The number of carbonyl (C=O) groups excluding carboxylic acids is 1. The third kappa shape index (κ3) is 4.95. The maximum absolute atomic E-state index is 12.4.